The summed E-state index contributed by atoms with van der Waals surface area (Å²) in [5.74, 6) is -1.08. The van der Waals surface area contributed by atoms with Gasteiger partial charge in [0.15, 0.2) is 0 Å². The van der Waals surface area contributed by atoms with E-state index in [4.69, 9.17) is 5.11 Å². The first-order valence-corrected chi connectivity index (χ1v) is 5.11. The molecule has 0 amide bonds. The van der Waals surface area contributed by atoms with Crippen LogP contribution in [0, 0.1) is 6.92 Å². The van der Waals surface area contributed by atoms with Gasteiger partial charge in [-0.25, -0.2) is 4.79 Å². The molecule has 0 saturated heterocycles. The Balaban J connectivity index is 2.61. The van der Waals surface area contributed by atoms with E-state index in [2.05, 4.69) is 4.98 Å². The Labute approximate surface area is 97.2 Å². The molecule has 0 fully saturated rings. The molecule has 2 N–H and O–H groups in total. The first-order chi connectivity index (χ1) is 8.06. The van der Waals surface area contributed by atoms with E-state index in [-0.39, 0.29) is 5.56 Å². The third-order valence-corrected chi connectivity index (χ3v) is 2.43. The van der Waals surface area contributed by atoms with Gasteiger partial charge in [0.2, 0.25) is 0 Å². The van der Waals surface area contributed by atoms with Crippen molar-refractivity contribution in [1.29, 1.82) is 0 Å². The Bertz CT molecular complexity index is 668. The summed E-state index contributed by atoms with van der Waals surface area (Å²) >= 11 is 0. The summed E-state index contributed by atoms with van der Waals surface area (Å²) < 4.78 is 0. The van der Waals surface area contributed by atoms with Gasteiger partial charge in [0, 0.05) is 17.2 Å². The van der Waals surface area contributed by atoms with E-state index in [1.54, 1.807) is 6.07 Å². The number of hydrogen-bond acceptors (Lipinski definition) is 2. The van der Waals surface area contributed by atoms with Crippen LogP contribution < -0.4 is 5.56 Å². The maximum Gasteiger partial charge on any atom is 0.328 e. The van der Waals surface area contributed by atoms with Crippen molar-refractivity contribution >= 4 is 22.9 Å². The number of aryl methyl sites for hydroxylation is 1. The van der Waals surface area contributed by atoms with Gasteiger partial charge in [-0.2, -0.15) is 0 Å². The summed E-state index contributed by atoms with van der Waals surface area (Å²) in [7, 11) is 0. The Hall–Kier alpha value is -2.36. The first kappa shape index (κ1) is 11.1. The van der Waals surface area contributed by atoms with Gasteiger partial charge in [0.1, 0.15) is 0 Å². The first-order valence-electron chi connectivity index (χ1n) is 5.11. The van der Waals surface area contributed by atoms with Crippen LogP contribution in [0.3, 0.4) is 0 Å². The van der Waals surface area contributed by atoms with Crippen LogP contribution in [-0.2, 0) is 4.79 Å². The molecule has 1 aromatic heterocycles. The van der Waals surface area contributed by atoms with Crippen LogP contribution in [0.2, 0.25) is 0 Å². The summed E-state index contributed by atoms with van der Waals surface area (Å²) in [6, 6.07) is 7.35. The highest BCUT2D eigenvalue weighted by atomic mass is 16.4. The number of hydrogen-bond donors (Lipinski definition) is 2. The molecule has 0 spiro atoms. The molecule has 1 heterocycles. The Morgan fingerprint density at radius 3 is 2.82 bits per heavy atom. The summed E-state index contributed by atoms with van der Waals surface area (Å²) in [6.07, 6.45) is 2.25. The molecule has 0 aliphatic carbocycles. The van der Waals surface area contributed by atoms with Crippen LogP contribution >= 0.6 is 0 Å². The van der Waals surface area contributed by atoms with E-state index in [1.165, 1.54) is 6.08 Å². The highest BCUT2D eigenvalue weighted by molar-refractivity contribution is 5.87. The third kappa shape index (κ3) is 2.42. The van der Waals surface area contributed by atoms with Crippen LogP contribution in [0.5, 0.6) is 0 Å². The average molecular weight is 229 g/mol. The molecule has 4 heteroatoms. The normalized spacial score (nSPS) is 11.1. The number of aromatic nitrogens is 1. The van der Waals surface area contributed by atoms with Gasteiger partial charge >= 0.3 is 5.97 Å². The lowest BCUT2D eigenvalue weighted by Crippen LogP contribution is -2.09. The molecule has 0 saturated carbocycles. The topological polar surface area (TPSA) is 70.2 Å². The van der Waals surface area contributed by atoms with Gasteiger partial charge in [-0.15, -0.1) is 0 Å². The molecule has 4 nitrogen and oxygen atoms in total. The molecule has 2 aromatic rings. The average Bonchev–Trinajstić information content (AvgIpc) is 2.26. The largest absolute Gasteiger partial charge is 0.478 e. The van der Waals surface area contributed by atoms with Gasteiger partial charge in [-0.05, 0) is 36.6 Å². The number of H-pyrrole nitrogens is 1. The number of nitrogens with one attached hydrogen (secondary N) is 1. The minimum atomic E-state index is -1.08. The third-order valence-electron chi connectivity index (χ3n) is 2.43. The monoisotopic (exact) mass is 229 g/mol. The summed E-state index contributed by atoms with van der Waals surface area (Å²) in [5, 5.41) is 9.41. The van der Waals surface area contributed by atoms with E-state index in [9.17, 15) is 9.59 Å². The second-order valence-electron chi connectivity index (χ2n) is 3.82. The Morgan fingerprint density at radius 2 is 2.12 bits per heavy atom. The minimum absolute atomic E-state index is 0.293. The lowest BCUT2D eigenvalue weighted by Gasteiger charge is -2.00. The molecule has 0 bridgehead atoms. The highest BCUT2D eigenvalue weighted by Crippen LogP contribution is 2.13. The van der Waals surface area contributed by atoms with Crippen molar-refractivity contribution in [2.45, 2.75) is 6.92 Å². The highest BCUT2D eigenvalue weighted by Gasteiger charge is 2.00. The molecule has 17 heavy (non-hydrogen) atoms. The minimum Gasteiger partial charge on any atom is -0.478 e. The predicted octanol–water partition coefficient (Wildman–Crippen LogP) is 1.93. The quantitative estimate of drug-likeness (QED) is 0.773. The molecule has 0 aliphatic rings. The number of fused-ring (bicyclic) bond motifs is 1. The summed E-state index contributed by atoms with van der Waals surface area (Å²) in [6.45, 7) is 1.96. The van der Waals surface area contributed by atoms with E-state index < -0.39 is 5.97 Å². The maximum atomic E-state index is 11.6. The molecule has 86 valence electrons. The number of pyridine rings is 1. The number of aromatic amines is 1. The van der Waals surface area contributed by atoms with Crippen LogP contribution in [0.25, 0.3) is 17.0 Å². The SMILES string of the molecule is Cc1ccc2[nH]c(=O)c(/C=C/C(=O)O)cc2c1. The fourth-order valence-electron chi connectivity index (χ4n) is 1.63. The van der Waals surface area contributed by atoms with Crippen molar-refractivity contribution in [2.75, 3.05) is 0 Å². The lowest BCUT2D eigenvalue weighted by molar-refractivity contribution is -0.131. The van der Waals surface area contributed by atoms with Crippen LogP contribution in [0.1, 0.15) is 11.1 Å². The Kier molecular flexibility index (Phi) is 2.78. The van der Waals surface area contributed by atoms with Gasteiger partial charge in [0.05, 0.1) is 0 Å². The predicted molar refractivity (Wildman–Crippen MR) is 66.0 cm³/mol. The van der Waals surface area contributed by atoms with Crippen molar-refractivity contribution < 1.29 is 9.90 Å². The lowest BCUT2D eigenvalue weighted by atomic mass is 10.1. The second-order valence-corrected chi connectivity index (χ2v) is 3.82. The number of carbonyl (C=O) groups is 1. The van der Waals surface area contributed by atoms with Crippen LogP contribution in [0.4, 0.5) is 0 Å². The van der Waals surface area contributed by atoms with E-state index in [0.29, 0.717) is 5.56 Å². The van der Waals surface area contributed by atoms with Gasteiger partial charge in [0.25, 0.3) is 5.56 Å². The fraction of sp³-hybridized carbons (Fsp3) is 0.0769. The van der Waals surface area contributed by atoms with Gasteiger partial charge < -0.3 is 10.1 Å². The van der Waals surface area contributed by atoms with E-state index >= 15 is 0 Å². The van der Waals surface area contributed by atoms with Crippen LogP contribution in [-0.4, -0.2) is 16.1 Å². The summed E-state index contributed by atoms with van der Waals surface area (Å²) in [5.41, 5.74) is 1.87. The van der Waals surface area contributed by atoms with Crippen molar-refractivity contribution in [3.8, 4) is 0 Å². The van der Waals surface area contributed by atoms with E-state index in [1.807, 2.05) is 25.1 Å². The molecular weight excluding hydrogens is 218 g/mol. The Morgan fingerprint density at radius 1 is 1.35 bits per heavy atom. The van der Waals surface area contributed by atoms with Crippen molar-refractivity contribution in [2.24, 2.45) is 0 Å². The molecular formula is C13H11NO3. The summed E-state index contributed by atoms with van der Waals surface area (Å²) in [4.78, 5) is 24.7. The van der Waals surface area contributed by atoms with Crippen LogP contribution in [0.15, 0.2) is 35.1 Å². The molecule has 1 aromatic carbocycles. The number of rotatable bonds is 2. The second kappa shape index (κ2) is 4.25. The van der Waals surface area contributed by atoms with Crippen molar-refractivity contribution in [3.63, 3.8) is 0 Å². The number of benzene rings is 1. The molecule has 0 radical (unpaired) electrons. The number of carboxylic acid groups (broad SMARTS) is 1. The smallest absolute Gasteiger partial charge is 0.328 e. The number of carboxylic acids is 1. The zero-order valence-electron chi connectivity index (χ0n) is 9.23. The van der Waals surface area contributed by atoms with E-state index in [0.717, 1.165) is 22.5 Å². The fourth-order valence-corrected chi connectivity index (χ4v) is 1.63. The van der Waals surface area contributed by atoms with Gasteiger partial charge in [-0.3, -0.25) is 4.79 Å². The number of aliphatic carboxylic acids is 1. The van der Waals surface area contributed by atoms with Crippen molar-refractivity contribution in [1.82, 2.24) is 4.98 Å². The zero-order chi connectivity index (χ0) is 12.4. The van der Waals surface area contributed by atoms with Gasteiger partial charge in [-0.1, -0.05) is 11.6 Å². The standard InChI is InChI=1S/C13H11NO3/c1-8-2-4-11-10(6-8)7-9(13(17)14-11)3-5-12(15)16/h2-7H,1H3,(H,14,17)(H,15,16)/b5-3+. The molecule has 0 aliphatic heterocycles. The molecule has 0 atom stereocenters. The maximum absolute atomic E-state index is 11.6. The zero-order valence-corrected chi connectivity index (χ0v) is 9.23. The van der Waals surface area contributed by atoms with Crippen molar-refractivity contribution in [3.05, 3.63) is 51.8 Å². The molecule has 0 unspecified atom stereocenters. The molecule has 2 rings (SSSR count).